The maximum absolute atomic E-state index is 11.1. The third-order valence-corrected chi connectivity index (χ3v) is 3.31. The third-order valence-electron chi connectivity index (χ3n) is 3.31. The predicted molar refractivity (Wildman–Crippen MR) is 75.2 cm³/mol. The molecule has 1 fully saturated rings. The molecular formula is C14H28N2O3. The highest BCUT2D eigenvalue weighted by atomic mass is 16.5. The molecule has 0 spiro atoms. The zero-order valence-electron chi connectivity index (χ0n) is 12.5. The molecule has 1 aliphatic rings. The van der Waals surface area contributed by atoms with E-state index >= 15 is 0 Å². The highest BCUT2D eigenvalue weighted by Crippen LogP contribution is 2.07. The molecule has 0 aromatic heterocycles. The lowest BCUT2D eigenvalue weighted by Gasteiger charge is -2.35. The van der Waals surface area contributed by atoms with Gasteiger partial charge in [-0.15, -0.1) is 0 Å². The highest BCUT2D eigenvalue weighted by molar-refractivity contribution is 5.69. The van der Waals surface area contributed by atoms with Crippen molar-refractivity contribution in [1.29, 1.82) is 0 Å². The Kier molecular flexibility index (Phi) is 8.02. The largest absolute Gasteiger partial charge is 0.466 e. The predicted octanol–water partition coefficient (Wildman–Crippen LogP) is 1.03. The van der Waals surface area contributed by atoms with Gasteiger partial charge < -0.3 is 14.8 Å². The standard InChI is InChI=1S/C14H28N2O3/c1-4-18-14(17)6-5-7-15-10-13-11-16(12(2)3)8-9-19-13/h12-13,15H,4-11H2,1-3H3. The monoisotopic (exact) mass is 272 g/mol. The molecule has 0 amide bonds. The van der Waals surface area contributed by atoms with Crippen molar-refractivity contribution in [2.75, 3.05) is 39.4 Å². The number of carbonyl (C=O) groups is 1. The second kappa shape index (κ2) is 9.28. The molecule has 1 atom stereocenters. The maximum atomic E-state index is 11.1. The fourth-order valence-corrected chi connectivity index (χ4v) is 2.19. The van der Waals surface area contributed by atoms with Gasteiger partial charge in [0, 0.05) is 32.1 Å². The zero-order chi connectivity index (χ0) is 14.1. The molecule has 0 bridgehead atoms. The Morgan fingerprint density at radius 2 is 2.32 bits per heavy atom. The first-order valence-corrected chi connectivity index (χ1v) is 7.35. The number of morpholine rings is 1. The molecule has 5 nitrogen and oxygen atoms in total. The second-order valence-electron chi connectivity index (χ2n) is 5.19. The van der Waals surface area contributed by atoms with Gasteiger partial charge in [0.25, 0.3) is 0 Å². The molecule has 1 heterocycles. The minimum absolute atomic E-state index is 0.107. The average molecular weight is 272 g/mol. The molecule has 1 aliphatic heterocycles. The van der Waals surface area contributed by atoms with Crippen LogP contribution < -0.4 is 5.32 Å². The fourth-order valence-electron chi connectivity index (χ4n) is 2.19. The summed E-state index contributed by atoms with van der Waals surface area (Å²) in [5.74, 6) is -0.107. The first-order chi connectivity index (χ1) is 9.13. The molecule has 0 aromatic carbocycles. The summed E-state index contributed by atoms with van der Waals surface area (Å²) in [6.45, 7) is 11.2. The van der Waals surface area contributed by atoms with Gasteiger partial charge in [0.15, 0.2) is 0 Å². The van der Waals surface area contributed by atoms with Crippen LogP contribution in [0.15, 0.2) is 0 Å². The van der Waals surface area contributed by atoms with Gasteiger partial charge in [-0.1, -0.05) is 0 Å². The summed E-state index contributed by atoms with van der Waals surface area (Å²) in [6, 6.07) is 0.579. The Bertz CT molecular complexity index is 259. The number of esters is 1. The number of hydrogen-bond donors (Lipinski definition) is 1. The summed E-state index contributed by atoms with van der Waals surface area (Å²) in [4.78, 5) is 13.6. The normalized spacial score (nSPS) is 20.7. The Balaban J connectivity index is 2.04. The van der Waals surface area contributed by atoms with E-state index in [4.69, 9.17) is 9.47 Å². The van der Waals surface area contributed by atoms with Crippen molar-refractivity contribution in [3.63, 3.8) is 0 Å². The molecular weight excluding hydrogens is 244 g/mol. The van der Waals surface area contributed by atoms with Gasteiger partial charge in [0.1, 0.15) is 0 Å². The number of rotatable bonds is 8. The summed E-state index contributed by atoms with van der Waals surface area (Å²) in [6.07, 6.45) is 1.57. The van der Waals surface area contributed by atoms with E-state index < -0.39 is 0 Å². The lowest BCUT2D eigenvalue weighted by molar-refractivity contribution is -0.143. The summed E-state index contributed by atoms with van der Waals surface area (Å²) in [5, 5.41) is 3.35. The summed E-state index contributed by atoms with van der Waals surface area (Å²) < 4.78 is 10.6. The quantitative estimate of drug-likeness (QED) is 0.528. The van der Waals surface area contributed by atoms with E-state index in [9.17, 15) is 4.79 Å². The van der Waals surface area contributed by atoms with Gasteiger partial charge >= 0.3 is 5.97 Å². The highest BCUT2D eigenvalue weighted by Gasteiger charge is 2.21. The third kappa shape index (κ3) is 6.89. The Morgan fingerprint density at radius 3 is 3.00 bits per heavy atom. The lowest BCUT2D eigenvalue weighted by Crippen LogP contribution is -2.49. The molecule has 0 radical (unpaired) electrons. The van der Waals surface area contributed by atoms with Crippen molar-refractivity contribution >= 4 is 5.97 Å². The van der Waals surface area contributed by atoms with E-state index in [0.29, 0.717) is 19.1 Å². The number of ether oxygens (including phenoxy) is 2. The van der Waals surface area contributed by atoms with Crippen LogP contribution in [0.1, 0.15) is 33.6 Å². The smallest absolute Gasteiger partial charge is 0.305 e. The fraction of sp³-hybridized carbons (Fsp3) is 0.929. The van der Waals surface area contributed by atoms with Crippen molar-refractivity contribution in [1.82, 2.24) is 10.2 Å². The zero-order valence-corrected chi connectivity index (χ0v) is 12.5. The molecule has 1 saturated heterocycles. The average Bonchev–Trinajstić information content (AvgIpc) is 2.39. The number of carbonyl (C=O) groups excluding carboxylic acids is 1. The van der Waals surface area contributed by atoms with Gasteiger partial charge in [-0.05, 0) is 33.7 Å². The van der Waals surface area contributed by atoms with Crippen LogP contribution in [-0.4, -0.2) is 62.4 Å². The Labute approximate surface area is 116 Å². The maximum Gasteiger partial charge on any atom is 0.305 e. The lowest BCUT2D eigenvalue weighted by atomic mass is 10.2. The van der Waals surface area contributed by atoms with Crippen LogP contribution in [0.5, 0.6) is 0 Å². The topological polar surface area (TPSA) is 50.8 Å². The molecule has 0 saturated carbocycles. The van der Waals surface area contributed by atoms with Crippen LogP contribution in [0.25, 0.3) is 0 Å². The summed E-state index contributed by atoms with van der Waals surface area (Å²) >= 11 is 0. The van der Waals surface area contributed by atoms with Crippen LogP contribution in [0.3, 0.4) is 0 Å². The van der Waals surface area contributed by atoms with Crippen molar-refractivity contribution in [3.8, 4) is 0 Å². The van der Waals surface area contributed by atoms with E-state index in [1.165, 1.54) is 0 Å². The van der Waals surface area contributed by atoms with Gasteiger partial charge in [-0.25, -0.2) is 0 Å². The molecule has 0 aliphatic carbocycles. The minimum Gasteiger partial charge on any atom is -0.466 e. The first-order valence-electron chi connectivity index (χ1n) is 7.35. The Morgan fingerprint density at radius 1 is 1.53 bits per heavy atom. The van der Waals surface area contributed by atoms with E-state index in [-0.39, 0.29) is 12.1 Å². The van der Waals surface area contributed by atoms with Gasteiger partial charge in [0.05, 0.1) is 19.3 Å². The number of hydrogen-bond acceptors (Lipinski definition) is 5. The summed E-state index contributed by atoms with van der Waals surface area (Å²) in [7, 11) is 0. The Hall–Kier alpha value is -0.650. The molecule has 1 unspecified atom stereocenters. The van der Waals surface area contributed by atoms with Crippen molar-refractivity contribution in [2.24, 2.45) is 0 Å². The molecule has 112 valence electrons. The minimum atomic E-state index is -0.107. The van der Waals surface area contributed by atoms with Crippen LogP contribution in [0.2, 0.25) is 0 Å². The summed E-state index contributed by atoms with van der Waals surface area (Å²) in [5.41, 5.74) is 0. The second-order valence-corrected chi connectivity index (χ2v) is 5.19. The SMILES string of the molecule is CCOC(=O)CCCNCC1CN(C(C)C)CCO1. The molecule has 5 heteroatoms. The molecule has 1 rings (SSSR count). The van der Waals surface area contributed by atoms with Crippen LogP contribution in [0.4, 0.5) is 0 Å². The van der Waals surface area contributed by atoms with Crippen LogP contribution >= 0.6 is 0 Å². The van der Waals surface area contributed by atoms with Crippen molar-refractivity contribution in [2.45, 2.75) is 45.8 Å². The van der Waals surface area contributed by atoms with E-state index in [2.05, 4.69) is 24.1 Å². The van der Waals surface area contributed by atoms with Crippen LogP contribution in [0, 0.1) is 0 Å². The van der Waals surface area contributed by atoms with E-state index in [0.717, 1.165) is 39.2 Å². The molecule has 1 N–H and O–H groups in total. The number of nitrogens with one attached hydrogen (secondary N) is 1. The van der Waals surface area contributed by atoms with Crippen molar-refractivity contribution in [3.05, 3.63) is 0 Å². The van der Waals surface area contributed by atoms with Gasteiger partial charge in [0.2, 0.25) is 0 Å². The van der Waals surface area contributed by atoms with Crippen molar-refractivity contribution < 1.29 is 14.3 Å². The number of nitrogens with zero attached hydrogens (tertiary/aromatic N) is 1. The first kappa shape index (κ1) is 16.4. The van der Waals surface area contributed by atoms with Gasteiger partial charge in [-0.2, -0.15) is 0 Å². The van der Waals surface area contributed by atoms with Crippen LogP contribution in [-0.2, 0) is 14.3 Å². The van der Waals surface area contributed by atoms with E-state index in [1.54, 1.807) is 0 Å². The van der Waals surface area contributed by atoms with Gasteiger partial charge in [-0.3, -0.25) is 9.69 Å². The van der Waals surface area contributed by atoms with E-state index in [1.807, 2.05) is 6.92 Å². The molecule has 0 aromatic rings. The molecule has 19 heavy (non-hydrogen) atoms.